The van der Waals surface area contributed by atoms with Gasteiger partial charge in [-0.2, -0.15) is 0 Å². The number of nitrogens with zero attached hydrogens (tertiary/aromatic N) is 1. The highest BCUT2D eigenvalue weighted by atomic mass is 16.3. The second kappa shape index (κ2) is 5.92. The lowest BCUT2D eigenvalue weighted by molar-refractivity contribution is -0.129. The fraction of sp³-hybridized carbons (Fsp3) is 0.625. The van der Waals surface area contributed by atoms with Crippen molar-refractivity contribution in [3.05, 3.63) is 12.7 Å². The van der Waals surface area contributed by atoms with Gasteiger partial charge in [0.05, 0.1) is 0 Å². The molecule has 0 atom stereocenters. The maximum absolute atomic E-state index is 11.1. The van der Waals surface area contributed by atoms with Crippen molar-refractivity contribution in [2.75, 3.05) is 20.2 Å². The molecule has 3 nitrogen and oxygen atoms in total. The van der Waals surface area contributed by atoms with E-state index < -0.39 is 0 Å². The van der Waals surface area contributed by atoms with Crippen LogP contribution in [0.25, 0.3) is 0 Å². The van der Waals surface area contributed by atoms with Gasteiger partial charge in [0.1, 0.15) is 0 Å². The Hall–Kier alpha value is -0.830. The first kappa shape index (κ1) is 10.2. The molecule has 0 spiro atoms. The van der Waals surface area contributed by atoms with Gasteiger partial charge < -0.3 is 10.0 Å². The maximum atomic E-state index is 11.1. The van der Waals surface area contributed by atoms with Crippen LogP contribution in [0.3, 0.4) is 0 Å². The first-order valence-corrected chi connectivity index (χ1v) is 3.68. The van der Waals surface area contributed by atoms with Crippen molar-refractivity contribution >= 4 is 5.91 Å². The maximum Gasteiger partial charge on any atom is 0.222 e. The van der Waals surface area contributed by atoms with Gasteiger partial charge in [-0.1, -0.05) is 6.08 Å². The smallest absolute Gasteiger partial charge is 0.222 e. The molecular weight excluding hydrogens is 142 g/mol. The van der Waals surface area contributed by atoms with E-state index in [2.05, 4.69) is 6.58 Å². The van der Waals surface area contributed by atoms with E-state index in [1.54, 1.807) is 18.0 Å². The summed E-state index contributed by atoms with van der Waals surface area (Å²) in [5, 5.41) is 8.44. The monoisotopic (exact) mass is 157 g/mol. The molecule has 0 aliphatic heterocycles. The van der Waals surface area contributed by atoms with Gasteiger partial charge in [-0.05, 0) is 6.42 Å². The third-order valence-electron chi connectivity index (χ3n) is 1.38. The van der Waals surface area contributed by atoms with Crippen molar-refractivity contribution in [2.24, 2.45) is 0 Å². The highest BCUT2D eigenvalue weighted by Crippen LogP contribution is 1.94. The zero-order valence-electron chi connectivity index (χ0n) is 6.92. The Morgan fingerprint density at radius 2 is 2.36 bits per heavy atom. The summed E-state index contributed by atoms with van der Waals surface area (Å²) in [6, 6.07) is 0. The van der Waals surface area contributed by atoms with Crippen LogP contribution in [0.15, 0.2) is 12.7 Å². The molecule has 0 saturated carbocycles. The molecule has 0 aliphatic carbocycles. The lowest BCUT2D eigenvalue weighted by atomic mass is 10.3. The molecule has 0 radical (unpaired) electrons. The highest BCUT2D eigenvalue weighted by Gasteiger charge is 2.04. The second-order valence-electron chi connectivity index (χ2n) is 2.39. The average molecular weight is 157 g/mol. The molecule has 0 unspecified atom stereocenters. The fourth-order valence-electron chi connectivity index (χ4n) is 0.717. The summed E-state index contributed by atoms with van der Waals surface area (Å²) in [6.45, 7) is 4.17. The number of aliphatic hydroxyl groups is 1. The summed E-state index contributed by atoms with van der Waals surface area (Å²) in [4.78, 5) is 12.6. The molecule has 0 fully saturated rings. The lowest BCUT2D eigenvalue weighted by Crippen LogP contribution is -2.26. The summed E-state index contributed by atoms with van der Waals surface area (Å²) in [6.07, 6.45) is 2.64. The molecule has 0 aromatic rings. The lowest BCUT2D eigenvalue weighted by Gasteiger charge is -2.13. The third kappa shape index (κ3) is 4.56. The Kier molecular flexibility index (Phi) is 5.47. The van der Waals surface area contributed by atoms with Gasteiger partial charge in [0, 0.05) is 26.6 Å². The van der Waals surface area contributed by atoms with Gasteiger partial charge in [0.2, 0.25) is 5.91 Å². The van der Waals surface area contributed by atoms with E-state index in [-0.39, 0.29) is 12.5 Å². The van der Waals surface area contributed by atoms with Crippen LogP contribution in [-0.2, 0) is 4.79 Å². The van der Waals surface area contributed by atoms with Crippen LogP contribution < -0.4 is 0 Å². The van der Waals surface area contributed by atoms with Crippen molar-refractivity contribution in [3.63, 3.8) is 0 Å². The van der Waals surface area contributed by atoms with E-state index in [9.17, 15) is 4.79 Å². The Morgan fingerprint density at radius 1 is 1.73 bits per heavy atom. The number of amides is 1. The highest BCUT2D eigenvalue weighted by molar-refractivity contribution is 5.75. The minimum Gasteiger partial charge on any atom is -0.396 e. The molecule has 0 bridgehead atoms. The second-order valence-corrected chi connectivity index (χ2v) is 2.39. The topological polar surface area (TPSA) is 40.5 Å². The van der Waals surface area contributed by atoms with Gasteiger partial charge in [-0.25, -0.2) is 0 Å². The van der Waals surface area contributed by atoms with E-state index in [0.29, 0.717) is 19.4 Å². The minimum absolute atomic E-state index is 0.0546. The molecule has 3 heteroatoms. The van der Waals surface area contributed by atoms with Crippen LogP contribution in [0, 0.1) is 0 Å². The summed E-state index contributed by atoms with van der Waals surface area (Å²) in [5.41, 5.74) is 0. The zero-order chi connectivity index (χ0) is 8.69. The van der Waals surface area contributed by atoms with Crippen molar-refractivity contribution < 1.29 is 9.90 Å². The number of aliphatic hydroxyl groups excluding tert-OH is 1. The van der Waals surface area contributed by atoms with Gasteiger partial charge >= 0.3 is 0 Å². The largest absolute Gasteiger partial charge is 0.396 e. The first-order valence-electron chi connectivity index (χ1n) is 3.68. The van der Waals surface area contributed by atoms with E-state index in [0.717, 1.165) is 0 Å². The summed E-state index contributed by atoms with van der Waals surface area (Å²) in [5.74, 6) is 0.0546. The quantitative estimate of drug-likeness (QED) is 0.587. The molecule has 1 amide bonds. The minimum atomic E-state index is 0.0546. The van der Waals surface area contributed by atoms with E-state index in [1.165, 1.54) is 0 Å². The predicted octanol–water partition coefficient (Wildman–Crippen LogP) is 0.403. The van der Waals surface area contributed by atoms with Crippen molar-refractivity contribution in [3.8, 4) is 0 Å². The number of carbonyl (C=O) groups is 1. The number of carbonyl (C=O) groups excluding carboxylic acids is 1. The zero-order valence-corrected chi connectivity index (χ0v) is 6.92. The summed E-state index contributed by atoms with van der Waals surface area (Å²) in [7, 11) is 1.72. The van der Waals surface area contributed by atoms with E-state index in [1.807, 2.05) is 0 Å². The number of rotatable bonds is 5. The fourth-order valence-corrected chi connectivity index (χ4v) is 0.717. The Bertz CT molecular complexity index is 134. The summed E-state index contributed by atoms with van der Waals surface area (Å²) < 4.78 is 0. The molecule has 0 heterocycles. The normalized spacial score (nSPS) is 9.27. The van der Waals surface area contributed by atoms with Gasteiger partial charge in [0.15, 0.2) is 0 Å². The molecule has 0 saturated heterocycles. The van der Waals surface area contributed by atoms with E-state index in [4.69, 9.17) is 5.11 Å². The van der Waals surface area contributed by atoms with E-state index >= 15 is 0 Å². The molecule has 1 N–H and O–H groups in total. The van der Waals surface area contributed by atoms with Crippen LogP contribution in [0.1, 0.15) is 12.8 Å². The predicted molar refractivity (Wildman–Crippen MR) is 44.2 cm³/mol. The standard InChI is InChI=1S/C8H15NO2/c1-3-6-9(2)8(11)5-4-7-10/h3,10H,1,4-7H2,2H3. The number of hydrogen-bond acceptors (Lipinski definition) is 2. The average Bonchev–Trinajstić information content (AvgIpc) is 2.00. The molecule has 0 rings (SSSR count). The van der Waals surface area contributed by atoms with Crippen LogP contribution in [0.2, 0.25) is 0 Å². The number of likely N-dealkylation sites (N-methyl/N-ethyl adjacent to an activating group) is 1. The first-order chi connectivity index (χ1) is 5.22. The van der Waals surface area contributed by atoms with Crippen LogP contribution in [0.5, 0.6) is 0 Å². The molecular formula is C8H15NO2. The molecule has 11 heavy (non-hydrogen) atoms. The van der Waals surface area contributed by atoms with Crippen LogP contribution in [0.4, 0.5) is 0 Å². The Morgan fingerprint density at radius 3 is 2.82 bits per heavy atom. The van der Waals surface area contributed by atoms with Gasteiger partial charge in [-0.3, -0.25) is 4.79 Å². The number of hydrogen-bond donors (Lipinski definition) is 1. The molecule has 0 aliphatic rings. The van der Waals surface area contributed by atoms with Gasteiger partial charge in [-0.15, -0.1) is 6.58 Å². The summed E-state index contributed by atoms with van der Waals surface area (Å²) >= 11 is 0. The Balaban J connectivity index is 3.54. The van der Waals surface area contributed by atoms with Crippen molar-refractivity contribution in [2.45, 2.75) is 12.8 Å². The molecule has 0 aromatic carbocycles. The van der Waals surface area contributed by atoms with Gasteiger partial charge in [0.25, 0.3) is 0 Å². The van der Waals surface area contributed by atoms with Crippen LogP contribution >= 0.6 is 0 Å². The third-order valence-corrected chi connectivity index (χ3v) is 1.38. The van der Waals surface area contributed by atoms with Crippen molar-refractivity contribution in [1.82, 2.24) is 4.90 Å². The Labute approximate surface area is 67.3 Å². The molecule has 0 aromatic heterocycles. The van der Waals surface area contributed by atoms with Crippen molar-refractivity contribution in [1.29, 1.82) is 0 Å². The molecule has 64 valence electrons. The SMILES string of the molecule is C=CCN(C)C(=O)CCCO. The van der Waals surface area contributed by atoms with Crippen LogP contribution in [-0.4, -0.2) is 36.1 Å².